The standard InChI is InChI=1S/C19H23Cl2N3O2/c20-14-3-1-2-13(16(14)21)18(25)23-6-8-24(9-7-23)19(26)15-11-4-5-12(10-11)17(15)22/h1-3,11-12,15,17H,4-10,22H2. The number of rotatable bonds is 2. The summed E-state index contributed by atoms with van der Waals surface area (Å²) in [6.45, 7) is 2.10. The topological polar surface area (TPSA) is 66.6 Å². The molecule has 2 amide bonds. The zero-order chi connectivity index (χ0) is 18.4. The Labute approximate surface area is 163 Å². The molecular formula is C19H23Cl2N3O2. The van der Waals surface area contributed by atoms with E-state index < -0.39 is 0 Å². The largest absolute Gasteiger partial charge is 0.339 e. The smallest absolute Gasteiger partial charge is 0.255 e. The van der Waals surface area contributed by atoms with Crippen LogP contribution in [0.25, 0.3) is 0 Å². The monoisotopic (exact) mass is 395 g/mol. The second-order valence-electron chi connectivity index (χ2n) is 7.66. The van der Waals surface area contributed by atoms with Crippen molar-refractivity contribution in [3.63, 3.8) is 0 Å². The molecule has 5 nitrogen and oxygen atoms in total. The van der Waals surface area contributed by atoms with Gasteiger partial charge in [-0.1, -0.05) is 29.3 Å². The van der Waals surface area contributed by atoms with Gasteiger partial charge in [-0.15, -0.1) is 0 Å². The summed E-state index contributed by atoms with van der Waals surface area (Å²) in [5.41, 5.74) is 6.73. The maximum absolute atomic E-state index is 12.9. The molecule has 2 bridgehead atoms. The summed E-state index contributed by atoms with van der Waals surface area (Å²) in [7, 11) is 0. The molecule has 0 radical (unpaired) electrons. The summed E-state index contributed by atoms with van der Waals surface area (Å²) in [4.78, 5) is 29.3. The van der Waals surface area contributed by atoms with Crippen LogP contribution in [0.1, 0.15) is 29.6 Å². The fourth-order valence-electron chi connectivity index (χ4n) is 4.88. The highest BCUT2D eigenvalue weighted by atomic mass is 35.5. The number of carbonyl (C=O) groups is 2. The van der Waals surface area contributed by atoms with Gasteiger partial charge in [0.1, 0.15) is 0 Å². The van der Waals surface area contributed by atoms with Crippen LogP contribution in [0.2, 0.25) is 10.0 Å². The van der Waals surface area contributed by atoms with Crippen molar-refractivity contribution in [3.8, 4) is 0 Å². The fourth-order valence-corrected chi connectivity index (χ4v) is 5.26. The lowest BCUT2D eigenvalue weighted by Gasteiger charge is -2.38. The Balaban J connectivity index is 1.39. The van der Waals surface area contributed by atoms with E-state index in [1.54, 1.807) is 23.1 Å². The number of benzene rings is 1. The van der Waals surface area contributed by atoms with Crippen LogP contribution in [0, 0.1) is 17.8 Å². The molecule has 140 valence electrons. The molecule has 1 heterocycles. The van der Waals surface area contributed by atoms with Gasteiger partial charge in [0, 0.05) is 32.2 Å². The van der Waals surface area contributed by atoms with E-state index >= 15 is 0 Å². The molecule has 1 aromatic carbocycles. The van der Waals surface area contributed by atoms with Crippen LogP contribution < -0.4 is 5.73 Å². The molecular weight excluding hydrogens is 373 g/mol. The third kappa shape index (κ3) is 3.00. The average Bonchev–Trinajstić information content (AvgIpc) is 3.24. The van der Waals surface area contributed by atoms with Gasteiger partial charge in [0.15, 0.2) is 0 Å². The van der Waals surface area contributed by atoms with Gasteiger partial charge in [0.05, 0.1) is 21.5 Å². The number of hydrogen-bond acceptors (Lipinski definition) is 3. The molecule has 7 heteroatoms. The number of amides is 2. The zero-order valence-electron chi connectivity index (χ0n) is 14.5. The fraction of sp³-hybridized carbons (Fsp3) is 0.579. The molecule has 4 rings (SSSR count). The second kappa shape index (κ2) is 7.02. The Bertz CT molecular complexity index is 731. The second-order valence-corrected chi connectivity index (χ2v) is 8.44. The summed E-state index contributed by atoms with van der Waals surface area (Å²) < 4.78 is 0. The Morgan fingerprint density at radius 3 is 2.31 bits per heavy atom. The lowest BCUT2D eigenvalue weighted by atomic mass is 9.84. The maximum atomic E-state index is 12.9. The van der Waals surface area contributed by atoms with E-state index in [1.807, 2.05) is 4.90 Å². The molecule has 3 fully saturated rings. The van der Waals surface area contributed by atoms with Crippen LogP contribution in [0.4, 0.5) is 0 Å². The van der Waals surface area contributed by atoms with Gasteiger partial charge in [-0.3, -0.25) is 9.59 Å². The number of piperazine rings is 1. The van der Waals surface area contributed by atoms with Gasteiger partial charge >= 0.3 is 0 Å². The Kier molecular flexibility index (Phi) is 4.88. The highest BCUT2D eigenvalue weighted by Gasteiger charge is 2.50. The summed E-state index contributed by atoms with van der Waals surface area (Å²) in [5, 5.41) is 0.655. The van der Waals surface area contributed by atoms with Gasteiger partial charge in [-0.05, 0) is 43.2 Å². The maximum Gasteiger partial charge on any atom is 0.255 e. The molecule has 1 saturated heterocycles. The molecule has 2 aliphatic carbocycles. The lowest BCUT2D eigenvalue weighted by Crippen LogP contribution is -2.54. The minimum Gasteiger partial charge on any atom is -0.339 e. The minimum absolute atomic E-state index is 0.00572. The molecule has 4 atom stereocenters. The summed E-state index contributed by atoms with van der Waals surface area (Å²) in [6, 6.07) is 5.07. The molecule has 2 N–H and O–H groups in total. The third-order valence-electron chi connectivity index (χ3n) is 6.33. The normalized spacial score (nSPS) is 30.7. The Hall–Kier alpha value is -1.30. The number of hydrogen-bond donors (Lipinski definition) is 1. The van der Waals surface area contributed by atoms with Crippen LogP contribution in [0.15, 0.2) is 18.2 Å². The molecule has 1 aromatic rings. The van der Waals surface area contributed by atoms with Crippen LogP contribution in [-0.2, 0) is 4.79 Å². The number of nitrogens with two attached hydrogens (primary N) is 1. The lowest BCUT2D eigenvalue weighted by molar-refractivity contribution is -0.139. The van der Waals surface area contributed by atoms with Gasteiger partial charge in [0.25, 0.3) is 5.91 Å². The predicted octanol–water partition coefficient (Wildman–Crippen LogP) is 2.65. The van der Waals surface area contributed by atoms with Gasteiger partial charge < -0.3 is 15.5 Å². The minimum atomic E-state index is -0.138. The quantitative estimate of drug-likeness (QED) is 0.836. The summed E-state index contributed by atoms with van der Waals surface area (Å²) in [6.07, 6.45) is 3.39. The van der Waals surface area contributed by atoms with Gasteiger partial charge in [0.2, 0.25) is 5.91 Å². The van der Waals surface area contributed by atoms with Crippen LogP contribution >= 0.6 is 23.2 Å². The number of nitrogens with zero attached hydrogens (tertiary/aromatic N) is 2. The van der Waals surface area contributed by atoms with Crippen LogP contribution in [0.3, 0.4) is 0 Å². The molecule has 3 aliphatic rings. The first-order chi connectivity index (χ1) is 12.5. The van der Waals surface area contributed by atoms with Crippen LogP contribution in [-0.4, -0.2) is 53.8 Å². The van der Waals surface area contributed by atoms with Gasteiger partial charge in [-0.2, -0.15) is 0 Å². The van der Waals surface area contributed by atoms with Crippen molar-refractivity contribution in [1.29, 1.82) is 0 Å². The van der Waals surface area contributed by atoms with E-state index in [0.717, 1.165) is 19.3 Å². The summed E-state index contributed by atoms with van der Waals surface area (Å²) in [5.74, 6) is 0.978. The third-order valence-corrected chi connectivity index (χ3v) is 7.15. The molecule has 26 heavy (non-hydrogen) atoms. The van der Waals surface area contributed by atoms with E-state index in [9.17, 15) is 9.59 Å². The van der Waals surface area contributed by atoms with Crippen molar-refractivity contribution < 1.29 is 9.59 Å². The first-order valence-corrected chi connectivity index (χ1v) is 10.0. The van der Waals surface area contributed by atoms with Crippen molar-refractivity contribution in [2.75, 3.05) is 26.2 Å². The van der Waals surface area contributed by atoms with E-state index in [2.05, 4.69) is 0 Å². The van der Waals surface area contributed by atoms with Gasteiger partial charge in [-0.25, -0.2) is 0 Å². The summed E-state index contributed by atoms with van der Waals surface area (Å²) >= 11 is 12.2. The van der Waals surface area contributed by atoms with E-state index in [-0.39, 0.29) is 28.8 Å². The number of halogens is 2. The number of fused-ring (bicyclic) bond motifs is 2. The molecule has 0 aromatic heterocycles. The van der Waals surface area contributed by atoms with Crippen molar-refractivity contribution >= 4 is 35.0 Å². The highest BCUT2D eigenvalue weighted by Crippen LogP contribution is 2.48. The predicted molar refractivity (Wildman–Crippen MR) is 101 cm³/mol. The van der Waals surface area contributed by atoms with Crippen molar-refractivity contribution in [2.45, 2.75) is 25.3 Å². The van der Waals surface area contributed by atoms with E-state index in [4.69, 9.17) is 28.9 Å². The van der Waals surface area contributed by atoms with Crippen molar-refractivity contribution in [1.82, 2.24) is 9.80 Å². The molecule has 1 aliphatic heterocycles. The number of carbonyl (C=O) groups excluding carboxylic acids is 2. The highest BCUT2D eigenvalue weighted by molar-refractivity contribution is 6.43. The molecule has 4 unspecified atom stereocenters. The SMILES string of the molecule is NC1C2CCC(C2)C1C(=O)N1CCN(C(=O)c2cccc(Cl)c2Cl)CC1. The molecule has 2 saturated carbocycles. The Morgan fingerprint density at radius 2 is 1.65 bits per heavy atom. The van der Waals surface area contributed by atoms with E-state index in [1.165, 1.54) is 0 Å². The first-order valence-electron chi connectivity index (χ1n) is 9.25. The van der Waals surface area contributed by atoms with Crippen LogP contribution in [0.5, 0.6) is 0 Å². The first kappa shape index (κ1) is 18.1. The van der Waals surface area contributed by atoms with E-state index in [0.29, 0.717) is 48.6 Å². The average molecular weight is 396 g/mol. The van der Waals surface area contributed by atoms with Crippen molar-refractivity contribution in [2.24, 2.45) is 23.5 Å². The zero-order valence-corrected chi connectivity index (χ0v) is 16.0. The molecule has 0 spiro atoms. The Morgan fingerprint density at radius 1 is 1.00 bits per heavy atom. The van der Waals surface area contributed by atoms with Crippen molar-refractivity contribution in [3.05, 3.63) is 33.8 Å².